The molecule has 0 atom stereocenters. The topological polar surface area (TPSA) is 31.5 Å². The Kier molecular flexibility index (Phi) is 25.6. The van der Waals surface area contributed by atoms with E-state index in [1.54, 1.807) is 0 Å². The van der Waals surface area contributed by atoms with Crippen molar-refractivity contribution in [1.29, 1.82) is 0 Å². The van der Waals surface area contributed by atoms with Gasteiger partial charge in [0.15, 0.2) is 0 Å². The molecule has 1 heteroatoms. The van der Waals surface area contributed by atoms with E-state index in [9.17, 15) is 0 Å². The van der Waals surface area contributed by atoms with Gasteiger partial charge in [-0.15, -0.1) is 13.2 Å². The minimum absolute atomic E-state index is 0. The Morgan fingerprint density at radius 2 is 1.70 bits per heavy atom. The van der Waals surface area contributed by atoms with Gasteiger partial charge in [-0.25, -0.2) is 0 Å². The quantitative estimate of drug-likeness (QED) is 0.534. The molecule has 0 amide bonds. The third-order valence-corrected chi connectivity index (χ3v) is 0.841. The normalized spacial score (nSPS) is 6.30. The molecule has 2 N–H and O–H groups in total. The zero-order valence-corrected chi connectivity index (χ0v) is 7.41. The largest absolute Gasteiger partial charge is 0.412 e. The second-order valence-electron chi connectivity index (χ2n) is 2.07. The summed E-state index contributed by atoms with van der Waals surface area (Å²) >= 11 is 0. The smallest absolute Gasteiger partial charge is 0.0351 e. The maximum Gasteiger partial charge on any atom is -0.0351 e. The molecule has 1 nitrogen and oxygen atoms in total. The third-order valence-electron chi connectivity index (χ3n) is 0.841. The molecule has 0 aromatic carbocycles. The summed E-state index contributed by atoms with van der Waals surface area (Å²) in [6.45, 7) is 12.5. The highest BCUT2D eigenvalue weighted by Crippen LogP contribution is 1.94. The van der Waals surface area contributed by atoms with Gasteiger partial charge in [-0.3, -0.25) is 0 Å². The van der Waals surface area contributed by atoms with Gasteiger partial charge in [0.2, 0.25) is 0 Å². The molecule has 0 fully saturated rings. The molecule has 0 radical (unpaired) electrons. The molecular weight excluding hydrogens is 124 g/mol. The van der Waals surface area contributed by atoms with Crippen molar-refractivity contribution in [3.63, 3.8) is 0 Å². The predicted molar refractivity (Wildman–Crippen MR) is 49.2 cm³/mol. The van der Waals surface area contributed by atoms with Gasteiger partial charge in [0, 0.05) is 0 Å². The first kappa shape index (κ1) is 16.2. The van der Waals surface area contributed by atoms with Crippen molar-refractivity contribution in [2.24, 2.45) is 0 Å². The molecular formula is C9H20O. The Balaban J connectivity index is -0.000000149. The van der Waals surface area contributed by atoms with E-state index >= 15 is 0 Å². The predicted octanol–water partition coefficient (Wildman–Crippen LogP) is 2.73. The minimum atomic E-state index is 0. The molecule has 0 heterocycles. The van der Waals surface area contributed by atoms with Gasteiger partial charge in [-0.1, -0.05) is 25.0 Å². The Hall–Kier alpha value is -0.560. The summed E-state index contributed by atoms with van der Waals surface area (Å²) in [5, 5.41) is 0. The lowest BCUT2D eigenvalue weighted by atomic mass is 10.2. The van der Waals surface area contributed by atoms with E-state index in [0.29, 0.717) is 0 Å². The summed E-state index contributed by atoms with van der Waals surface area (Å²) in [4.78, 5) is 0. The number of rotatable bonds is 2. The van der Waals surface area contributed by atoms with E-state index in [0.717, 1.165) is 0 Å². The lowest BCUT2D eigenvalue weighted by Crippen LogP contribution is -1.64. The van der Waals surface area contributed by atoms with Crippen molar-refractivity contribution in [1.82, 2.24) is 0 Å². The van der Waals surface area contributed by atoms with Crippen LogP contribution in [0.3, 0.4) is 0 Å². The zero-order valence-electron chi connectivity index (χ0n) is 7.41. The average Bonchev–Trinajstić information content (AvgIpc) is 1.88. The van der Waals surface area contributed by atoms with E-state index in [4.69, 9.17) is 0 Å². The molecule has 0 rings (SSSR count). The van der Waals surface area contributed by atoms with Crippen LogP contribution in [0, 0.1) is 0 Å². The Bertz CT molecular complexity index is 70.8. The second kappa shape index (κ2) is 15.8. The van der Waals surface area contributed by atoms with Gasteiger partial charge in [0.05, 0.1) is 0 Å². The molecule has 0 spiro atoms. The van der Waals surface area contributed by atoms with Crippen molar-refractivity contribution >= 4 is 0 Å². The van der Waals surface area contributed by atoms with Crippen LogP contribution >= 0.6 is 0 Å². The molecule has 0 unspecified atom stereocenters. The molecule has 0 saturated heterocycles. The lowest BCUT2D eigenvalue weighted by molar-refractivity contribution is 0.824. The molecule has 0 saturated carbocycles. The van der Waals surface area contributed by atoms with Crippen molar-refractivity contribution in [3.8, 4) is 0 Å². The van der Waals surface area contributed by atoms with Crippen LogP contribution in [0.15, 0.2) is 24.8 Å². The van der Waals surface area contributed by atoms with Crippen molar-refractivity contribution in [2.75, 3.05) is 0 Å². The van der Waals surface area contributed by atoms with Gasteiger partial charge >= 0.3 is 0 Å². The van der Waals surface area contributed by atoms with Gasteiger partial charge in [-0.2, -0.15) is 0 Å². The summed E-state index contributed by atoms with van der Waals surface area (Å²) in [7, 11) is 0. The first-order valence-corrected chi connectivity index (χ1v) is 3.40. The van der Waals surface area contributed by atoms with E-state index in [2.05, 4.69) is 40.0 Å². The van der Waals surface area contributed by atoms with Gasteiger partial charge in [0.25, 0.3) is 0 Å². The fourth-order valence-corrected chi connectivity index (χ4v) is 0.433. The summed E-state index contributed by atoms with van der Waals surface area (Å²) in [6.07, 6.45) is 4.77. The van der Waals surface area contributed by atoms with Crippen LogP contribution in [0.4, 0.5) is 0 Å². The highest BCUT2D eigenvalue weighted by atomic mass is 16.0. The summed E-state index contributed by atoms with van der Waals surface area (Å²) in [6, 6.07) is 0. The second-order valence-corrected chi connectivity index (χ2v) is 2.07. The highest BCUT2D eigenvalue weighted by molar-refractivity contribution is 4.92. The van der Waals surface area contributed by atoms with Crippen LogP contribution in [0.2, 0.25) is 0 Å². The van der Waals surface area contributed by atoms with E-state index in [1.165, 1.54) is 18.4 Å². The number of hydrogen-bond acceptors (Lipinski definition) is 0. The summed E-state index contributed by atoms with van der Waals surface area (Å²) in [5.41, 5.74) is 1.43. The minimum Gasteiger partial charge on any atom is -0.412 e. The van der Waals surface area contributed by atoms with E-state index in [1.807, 2.05) is 0 Å². The van der Waals surface area contributed by atoms with Crippen LogP contribution in [0.5, 0.6) is 0 Å². The van der Waals surface area contributed by atoms with Crippen LogP contribution in [0.1, 0.15) is 33.6 Å². The summed E-state index contributed by atoms with van der Waals surface area (Å²) in [5.74, 6) is 0. The number of unbranched alkanes of at least 4 members (excludes halogenated alkanes) is 1. The average molecular weight is 144 g/mol. The zero-order chi connectivity index (χ0) is 7.70. The van der Waals surface area contributed by atoms with E-state index < -0.39 is 0 Å². The molecule has 0 aliphatic heterocycles. The molecule has 0 aromatic rings. The van der Waals surface area contributed by atoms with Crippen molar-refractivity contribution in [2.45, 2.75) is 33.6 Å². The highest BCUT2D eigenvalue weighted by Gasteiger charge is 1.73. The van der Waals surface area contributed by atoms with Crippen LogP contribution < -0.4 is 0 Å². The monoisotopic (exact) mass is 144 g/mol. The molecule has 62 valence electrons. The first-order valence-electron chi connectivity index (χ1n) is 3.40. The molecule has 0 aliphatic carbocycles. The van der Waals surface area contributed by atoms with Crippen LogP contribution in [0.25, 0.3) is 0 Å². The van der Waals surface area contributed by atoms with Gasteiger partial charge in [0.1, 0.15) is 0 Å². The van der Waals surface area contributed by atoms with Crippen LogP contribution in [-0.2, 0) is 0 Å². The third kappa shape index (κ3) is 26.1. The molecule has 10 heavy (non-hydrogen) atoms. The fourth-order valence-electron chi connectivity index (χ4n) is 0.433. The van der Waals surface area contributed by atoms with Crippen molar-refractivity contribution in [3.05, 3.63) is 24.8 Å². The van der Waals surface area contributed by atoms with Gasteiger partial charge < -0.3 is 5.48 Å². The molecule has 0 aromatic heterocycles. The molecule has 0 bridgehead atoms. The number of hydrogen-bond donors (Lipinski definition) is 0. The maximum absolute atomic E-state index is 3.00. The maximum atomic E-state index is 3.00. The Morgan fingerprint density at radius 1 is 1.30 bits per heavy atom. The Morgan fingerprint density at radius 3 is 1.80 bits per heavy atom. The van der Waals surface area contributed by atoms with Gasteiger partial charge in [-0.05, 0) is 20.3 Å². The number of allylic oxidation sites excluding steroid dienone is 2. The Labute approximate surface area is 64.8 Å². The SMILES string of the molecule is C=C.CCCC=C(C)C.O. The lowest BCUT2D eigenvalue weighted by Gasteiger charge is -1.85. The van der Waals surface area contributed by atoms with Crippen LogP contribution in [-0.4, -0.2) is 5.48 Å². The van der Waals surface area contributed by atoms with E-state index in [-0.39, 0.29) is 5.48 Å². The fraction of sp³-hybridized carbons (Fsp3) is 0.556. The first-order chi connectivity index (χ1) is 4.27. The molecule has 0 aliphatic rings. The summed E-state index contributed by atoms with van der Waals surface area (Å²) < 4.78 is 0. The van der Waals surface area contributed by atoms with Crippen molar-refractivity contribution < 1.29 is 5.48 Å². The standard InChI is InChI=1S/C7H14.C2H4.H2O/c1-4-5-6-7(2)3;1-2;/h6H,4-5H2,1-3H3;1-2H2;1H2.